The van der Waals surface area contributed by atoms with E-state index in [2.05, 4.69) is 32.1 Å². The van der Waals surface area contributed by atoms with Gasteiger partial charge in [0.15, 0.2) is 0 Å². The molecule has 0 saturated carbocycles. The van der Waals surface area contributed by atoms with Gasteiger partial charge in [-0.15, -0.1) is 0 Å². The van der Waals surface area contributed by atoms with E-state index >= 15 is 0 Å². The highest BCUT2D eigenvalue weighted by atomic mass is 16.3. The summed E-state index contributed by atoms with van der Waals surface area (Å²) in [6.07, 6.45) is 11.6. The number of hydrogen-bond donors (Lipinski definition) is 1. The van der Waals surface area contributed by atoms with Crippen molar-refractivity contribution >= 4 is 5.78 Å². The third-order valence-electron chi connectivity index (χ3n) is 3.83. The highest BCUT2D eigenvalue weighted by Gasteiger charge is 2.04. The molecule has 0 radical (unpaired) electrons. The van der Waals surface area contributed by atoms with Crippen LogP contribution in [-0.2, 0) is 4.79 Å². The van der Waals surface area contributed by atoms with Crippen LogP contribution in [0.15, 0.2) is 34.9 Å². The number of carbonyl (C=O) groups is 1. The minimum absolute atomic E-state index is 0.138. The van der Waals surface area contributed by atoms with Crippen molar-refractivity contribution in [3.05, 3.63) is 34.9 Å². The molecule has 21 heavy (non-hydrogen) atoms. The van der Waals surface area contributed by atoms with Crippen molar-refractivity contribution in [3.63, 3.8) is 0 Å². The Labute approximate surface area is 130 Å². The van der Waals surface area contributed by atoms with Crippen LogP contribution in [0, 0.1) is 5.92 Å². The number of hydrogen-bond acceptors (Lipinski definition) is 2. The molecular formula is C19H32O2. The van der Waals surface area contributed by atoms with E-state index in [-0.39, 0.29) is 18.3 Å². The van der Waals surface area contributed by atoms with Crippen LogP contribution in [0.1, 0.15) is 66.7 Å². The van der Waals surface area contributed by atoms with Crippen LogP contribution in [0.5, 0.6) is 0 Å². The van der Waals surface area contributed by atoms with E-state index in [1.165, 1.54) is 11.1 Å². The predicted octanol–water partition coefficient (Wildman–Crippen LogP) is 4.99. The monoisotopic (exact) mass is 292 g/mol. The molecule has 0 bridgehead atoms. The molecule has 0 aromatic carbocycles. The number of carbonyl (C=O) groups excluding carboxylic acids is 1. The third-order valence-corrected chi connectivity index (χ3v) is 3.83. The number of ketones is 1. The molecule has 2 nitrogen and oxygen atoms in total. The molecule has 0 aliphatic carbocycles. The average Bonchev–Trinajstić information content (AvgIpc) is 2.44. The van der Waals surface area contributed by atoms with Crippen LogP contribution >= 0.6 is 0 Å². The summed E-state index contributed by atoms with van der Waals surface area (Å²) in [6.45, 7) is 10.1. The molecule has 1 N–H and O–H groups in total. The average molecular weight is 292 g/mol. The fourth-order valence-corrected chi connectivity index (χ4v) is 1.91. The number of rotatable bonds is 10. The Morgan fingerprint density at radius 3 is 1.86 bits per heavy atom. The van der Waals surface area contributed by atoms with Gasteiger partial charge in [0, 0.05) is 5.92 Å². The Morgan fingerprint density at radius 1 is 0.905 bits per heavy atom. The first-order valence-electron chi connectivity index (χ1n) is 7.95. The molecule has 1 atom stereocenters. The lowest BCUT2D eigenvalue weighted by molar-refractivity contribution is -0.120. The van der Waals surface area contributed by atoms with Crippen molar-refractivity contribution < 1.29 is 9.90 Å². The van der Waals surface area contributed by atoms with E-state index in [1.807, 2.05) is 13.8 Å². The summed E-state index contributed by atoms with van der Waals surface area (Å²) < 4.78 is 0. The van der Waals surface area contributed by atoms with Gasteiger partial charge in [-0.05, 0) is 59.8 Å². The molecule has 1 unspecified atom stereocenters. The smallest absolute Gasteiger partial charge is 0.132 e. The Kier molecular flexibility index (Phi) is 10.9. The minimum atomic E-state index is 0.138. The Bertz CT molecular complexity index is 400. The second kappa shape index (κ2) is 11.5. The molecule has 0 spiro atoms. The molecule has 0 rings (SSSR count). The third kappa shape index (κ3) is 11.2. The van der Waals surface area contributed by atoms with Crippen molar-refractivity contribution in [1.29, 1.82) is 0 Å². The van der Waals surface area contributed by atoms with Crippen molar-refractivity contribution in [3.8, 4) is 0 Å². The van der Waals surface area contributed by atoms with Crippen LogP contribution in [-0.4, -0.2) is 17.5 Å². The minimum Gasteiger partial charge on any atom is -0.392 e. The SMILES string of the molecule is CC(=O)C(C)C/C=C(\C)CC/C=C(/C)CCC=C(C)CO. The van der Waals surface area contributed by atoms with Crippen LogP contribution in [0.2, 0.25) is 0 Å². The largest absolute Gasteiger partial charge is 0.392 e. The van der Waals surface area contributed by atoms with Gasteiger partial charge in [-0.25, -0.2) is 0 Å². The Hall–Kier alpha value is -1.15. The van der Waals surface area contributed by atoms with Gasteiger partial charge in [-0.2, -0.15) is 0 Å². The number of Topliss-reactive ketones (excluding diaryl/α,β-unsaturated/α-hetero) is 1. The van der Waals surface area contributed by atoms with Crippen molar-refractivity contribution in [2.75, 3.05) is 6.61 Å². The molecule has 0 aromatic heterocycles. The number of aliphatic hydroxyl groups excluding tert-OH is 1. The van der Waals surface area contributed by atoms with E-state index in [0.717, 1.165) is 37.7 Å². The molecule has 0 heterocycles. The van der Waals surface area contributed by atoms with Crippen LogP contribution in [0.3, 0.4) is 0 Å². The lowest BCUT2D eigenvalue weighted by Gasteiger charge is -2.05. The molecule has 0 fully saturated rings. The van der Waals surface area contributed by atoms with Gasteiger partial charge in [0.2, 0.25) is 0 Å². The maximum absolute atomic E-state index is 11.2. The summed E-state index contributed by atoms with van der Waals surface area (Å²) >= 11 is 0. The second-order valence-corrected chi connectivity index (χ2v) is 6.13. The molecule has 2 heteroatoms. The van der Waals surface area contributed by atoms with Crippen LogP contribution in [0.4, 0.5) is 0 Å². The summed E-state index contributed by atoms with van der Waals surface area (Å²) in [7, 11) is 0. The van der Waals surface area contributed by atoms with Crippen molar-refractivity contribution in [2.24, 2.45) is 5.92 Å². The van der Waals surface area contributed by atoms with E-state index < -0.39 is 0 Å². The Balaban J connectivity index is 4.02. The Morgan fingerprint density at radius 2 is 1.38 bits per heavy atom. The first-order valence-corrected chi connectivity index (χ1v) is 7.95. The van der Waals surface area contributed by atoms with Crippen LogP contribution in [0.25, 0.3) is 0 Å². The molecule has 0 aromatic rings. The topological polar surface area (TPSA) is 37.3 Å². The number of aliphatic hydroxyl groups is 1. The molecule has 120 valence electrons. The molecule has 0 aliphatic rings. The zero-order valence-electron chi connectivity index (χ0n) is 14.4. The first-order chi connectivity index (χ1) is 9.86. The van der Waals surface area contributed by atoms with Crippen LogP contribution < -0.4 is 0 Å². The van der Waals surface area contributed by atoms with E-state index in [1.54, 1.807) is 6.92 Å². The fourth-order valence-electron chi connectivity index (χ4n) is 1.91. The summed E-state index contributed by atoms with van der Waals surface area (Å²) in [5.74, 6) is 0.403. The quantitative estimate of drug-likeness (QED) is 0.576. The zero-order chi connectivity index (χ0) is 16.3. The highest BCUT2D eigenvalue weighted by molar-refractivity contribution is 5.77. The van der Waals surface area contributed by atoms with Gasteiger partial charge in [-0.1, -0.05) is 41.9 Å². The van der Waals surface area contributed by atoms with E-state index in [4.69, 9.17) is 5.11 Å². The highest BCUT2D eigenvalue weighted by Crippen LogP contribution is 2.13. The van der Waals surface area contributed by atoms with Gasteiger partial charge in [0.05, 0.1) is 6.61 Å². The summed E-state index contributed by atoms with van der Waals surface area (Å²) in [5, 5.41) is 8.92. The van der Waals surface area contributed by atoms with Gasteiger partial charge in [-0.3, -0.25) is 4.79 Å². The maximum atomic E-state index is 11.2. The van der Waals surface area contributed by atoms with E-state index in [0.29, 0.717) is 0 Å². The summed E-state index contributed by atoms with van der Waals surface area (Å²) in [6, 6.07) is 0. The zero-order valence-corrected chi connectivity index (χ0v) is 14.4. The molecule has 0 amide bonds. The van der Waals surface area contributed by atoms with Gasteiger partial charge >= 0.3 is 0 Å². The lowest BCUT2D eigenvalue weighted by atomic mass is 10.0. The normalized spacial score (nSPS) is 15.2. The number of allylic oxidation sites excluding steroid dienone is 5. The first kappa shape index (κ1) is 19.9. The summed E-state index contributed by atoms with van der Waals surface area (Å²) in [4.78, 5) is 11.2. The molecule has 0 aliphatic heterocycles. The predicted molar refractivity (Wildman–Crippen MR) is 91.3 cm³/mol. The standard InChI is InChI=1S/C19H32O2/c1-15(9-7-11-17(3)14-20)8-6-10-16(2)12-13-18(4)19(5)21/h8,11-12,18,20H,6-7,9-10,13-14H2,1-5H3/b15-8-,16-12+,17-11?. The molecule has 0 saturated heterocycles. The summed E-state index contributed by atoms with van der Waals surface area (Å²) in [5.41, 5.74) is 3.81. The van der Waals surface area contributed by atoms with Gasteiger partial charge in [0.25, 0.3) is 0 Å². The lowest BCUT2D eigenvalue weighted by Crippen LogP contribution is -2.04. The maximum Gasteiger partial charge on any atom is 0.132 e. The van der Waals surface area contributed by atoms with Gasteiger partial charge < -0.3 is 5.11 Å². The second-order valence-electron chi connectivity index (χ2n) is 6.13. The fraction of sp³-hybridized carbons (Fsp3) is 0.632. The molecular weight excluding hydrogens is 260 g/mol. The van der Waals surface area contributed by atoms with Gasteiger partial charge in [0.1, 0.15) is 5.78 Å². The van der Waals surface area contributed by atoms with Crippen molar-refractivity contribution in [1.82, 2.24) is 0 Å². The van der Waals surface area contributed by atoms with Crippen molar-refractivity contribution in [2.45, 2.75) is 66.7 Å². The van der Waals surface area contributed by atoms with E-state index in [9.17, 15) is 4.79 Å².